The average molecular weight is 266 g/mol. The highest BCUT2D eigenvalue weighted by Crippen LogP contribution is 2.37. The summed E-state index contributed by atoms with van der Waals surface area (Å²) in [5.41, 5.74) is 9.25. The van der Waals surface area contributed by atoms with E-state index in [9.17, 15) is 0 Å². The maximum atomic E-state index is 5.92. The number of benzene rings is 1. The quantitative estimate of drug-likeness (QED) is 0.829. The predicted molar refractivity (Wildman–Crippen MR) is 79.1 cm³/mol. The Balaban J connectivity index is 3.34. The molecular formula is C15H26N2O2. The van der Waals surface area contributed by atoms with Crippen molar-refractivity contribution in [1.29, 1.82) is 0 Å². The third kappa shape index (κ3) is 3.39. The summed E-state index contributed by atoms with van der Waals surface area (Å²) in [6, 6.07) is 2.32. The zero-order valence-electron chi connectivity index (χ0n) is 12.8. The second kappa shape index (κ2) is 6.78. The molecule has 0 radical (unpaired) electrons. The molecule has 0 bridgehead atoms. The Bertz CT molecular complexity index is 431. The Labute approximate surface area is 116 Å². The van der Waals surface area contributed by atoms with E-state index in [4.69, 9.17) is 15.2 Å². The molecule has 0 aliphatic heterocycles. The molecule has 0 amide bonds. The van der Waals surface area contributed by atoms with Gasteiger partial charge in [-0.15, -0.1) is 0 Å². The number of hydrogen-bond donors (Lipinski definition) is 2. The van der Waals surface area contributed by atoms with Crippen molar-refractivity contribution >= 4 is 0 Å². The summed E-state index contributed by atoms with van der Waals surface area (Å²) in [6.45, 7) is 6.11. The monoisotopic (exact) mass is 266 g/mol. The van der Waals surface area contributed by atoms with Gasteiger partial charge < -0.3 is 20.5 Å². The minimum atomic E-state index is 0.120. The summed E-state index contributed by atoms with van der Waals surface area (Å²) in [7, 11) is 5.34. The van der Waals surface area contributed by atoms with Gasteiger partial charge in [0.2, 0.25) is 0 Å². The molecule has 0 aliphatic rings. The Morgan fingerprint density at radius 1 is 1.21 bits per heavy atom. The van der Waals surface area contributed by atoms with Crippen LogP contribution >= 0.6 is 0 Å². The molecule has 1 aromatic carbocycles. The lowest BCUT2D eigenvalue weighted by Gasteiger charge is -2.24. The predicted octanol–water partition coefficient (Wildman–Crippen LogP) is 2.32. The van der Waals surface area contributed by atoms with E-state index in [0.717, 1.165) is 34.6 Å². The van der Waals surface area contributed by atoms with E-state index in [0.29, 0.717) is 0 Å². The molecule has 0 aliphatic carbocycles. The summed E-state index contributed by atoms with van der Waals surface area (Å²) in [5, 5.41) is 3.31. The minimum Gasteiger partial charge on any atom is -0.496 e. The molecular weight excluding hydrogens is 240 g/mol. The molecule has 4 heteroatoms. The van der Waals surface area contributed by atoms with Crippen LogP contribution in [0.5, 0.6) is 11.5 Å². The van der Waals surface area contributed by atoms with Gasteiger partial charge in [-0.3, -0.25) is 0 Å². The summed E-state index contributed by atoms with van der Waals surface area (Å²) in [4.78, 5) is 0. The van der Waals surface area contributed by atoms with Gasteiger partial charge in [0.25, 0.3) is 0 Å². The lowest BCUT2D eigenvalue weighted by molar-refractivity contribution is 0.381. The van der Waals surface area contributed by atoms with Crippen LogP contribution in [-0.2, 0) is 0 Å². The van der Waals surface area contributed by atoms with Crippen molar-refractivity contribution in [3.63, 3.8) is 0 Å². The molecule has 2 atom stereocenters. The summed E-state index contributed by atoms with van der Waals surface area (Å²) >= 11 is 0. The van der Waals surface area contributed by atoms with Crippen molar-refractivity contribution < 1.29 is 9.47 Å². The largest absolute Gasteiger partial charge is 0.496 e. The molecule has 2 unspecified atom stereocenters. The van der Waals surface area contributed by atoms with E-state index in [2.05, 4.69) is 12.2 Å². The van der Waals surface area contributed by atoms with Gasteiger partial charge in [-0.25, -0.2) is 0 Å². The Hall–Kier alpha value is -1.26. The van der Waals surface area contributed by atoms with E-state index in [1.807, 2.05) is 27.0 Å². The van der Waals surface area contributed by atoms with Crippen molar-refractivity contribution in [2.24, 2.45) is 5.73 Å². The van der Waals surface area contributed by atoms with Crippen LogP contribution in [0.25, 0.3) is 0 Å². The first-order valence-corrected chi connectivity index (χ1v) is 6.61. The zero-order chi connectivity index (χ0) is 14.6. The number of ether oxygens (including phenoxy) is 2. The molecule has 0 saturated carbocycles. The van der Waals surface area contributed by atoms with Crippen molar-refractivity contribution in [1.82, 2.24) is 5.32 Å². The number of nitrogens with two attached hydrogens (primary N) is 1. The van der Waals surface area contributed by atoms with Gasteiger partial charge in [0.1, 0.15) is 11.5 Å². The van der Waals surface area contributed by atoms with Gasteiger partial charge in [-0.05, 0) is 51.4 Å². The van der Waals surface area contributed by atoms with Gasteiger partial charge in [-0.1, -0.05) is 0 Å². The maximum absolute atomic E-state index is 5.92. The van der Waals surface area contributed by atoms with Crippen LogP contribution in [0.2, 0.25) is 0 Å². The van der Waals surface area contributed by atoms with Crippen LogP contribution in [0, 0.1) is 13.8 Å². The zero-order valence-corrected chi connectivity index (χ0v) is 12.8. The topological polar surface area (TPSA) is 56.5 Å². The normalized spacial score (nSPS) is 14.1. The maximum Gasteiger partial charge on any atom is 0.127 e. The van der Waals surface area contributed by atoms with Gasteiger partial charge in [0.05, 0.1) is 14.2 Å². The third-order valence-corrected chi connectivity index (χ3v) is 3.58. The fourth-order valence-corrected chi connectivity index (χ4v) is 2.40. The van der Waals surface area contributed by atoms with Crippen molar-refractivity contribution in [2.75, 3.05) is 21.3 Å². The highest BCUT2D eigenvalue weighted by Gasteiger charge is 2.21. The van der Waals surface area contributed by atoms with Crippen LogP contribution < -0.4 is 20.5 Å². The Morgan fingerprint density at radius 2 is 1.84 bits per heavy atom. The lowest BCUT2D eigenvalue weighted by atomic mass is 9.94. The highest BCUT2D eigenvalue weighted by molar-refractivity contribution is 5.53. The minimum absolute atomic E-state index is 0.120. The molecule has 0 spiro atoms. The Kier molecular flexibility index (Phi) is 5.63. The third-order valence-electron chi connectivity index (χ3n) is 3.58. The highest BCUT2D eigenvalue weighted by atomic mass is 16.5. The first-order chi connectivity index (χ1) is 8.96. The summed E-state index contributed by atoms with van der Waals surface area (Å²) < 4.78 is 11.0. The first-order valence-electron chi connectivity index (χ1n) is 6.61. The van der Waals surface area contributed by atoms with Crippen molar-refractivity contribution in [3.05, 3.63) is 22.8 Å². The van der Waals surface area contributed by atoms with E-state index in [1.165, 1.54) is 0 Å². The van der Waals surface area contributed by atoms with E-state index < -0.39 is 0 Å². The molecule has 1 rings (SSSR count). The van der Waals surface area contributed by atoms with Gasteiger partial charge >= 0.3 is 0 Å². The number of rotatable bonds is 6. The summed E-state index contributed by atoms with van der Waals surface area (Å²) in [6.07, 6.45) is 0.846. The summed E-state index contributed by atoms with van der Waals surface area (Å²) in [5.74, 6) is 1.80. The molecule has 1 aromatic rings. The van der Waals surface area contributed by atoms with E-state index in [1.54, 1.807) is 14.2 Å². The van der Waals surface area contributed by atoms with Crippen molar-refractivity contribution in [2.45, 2.75) is 39.3 Å². The molecule has 108 valence electrons. The van der Waals surface area contributed by atoms with Gasteiger partial charge in [0.15, 0.2) is 0 Å². The second-order valence-corrected chi connectivity index (χ2v) is 5.01. The fraction of sp³-hybridized carbons (Fsp3) is 0.600. The van der Waals surface area contributed by atoms with Crippen LogP contribution in [0.1, 0.15) is 36.1 Å². The molecule has 0 aromatic heterocycles. The van der Waals surface area contributed by atoms with Gasteiger partial charge in [0, 0.05) is 17.6 Å². The Morgan fingerprint density at radius 3 is 2.26 bits per heavy atom. The SMILES string of the molecule is CNC(CC(C)N)c1cc(OC)c(C)c(C)c1OC. The van der Waals surface area contributed by atoms with Crippen LogP contribution in [-0.4, -0.2) is 27.3 Å². The number of hydrogen-bond acceptors (Lipinski definition) is 4. The van der Waals surface area contributed by atoms with E-state index >= 15 is 0 Å². The van der Waals surface area contributed by atoms with Gasteiger partial charge in [-0.2, -0.15) is 0 Å². The molecule has 0 heterocycles. The van der Waals surface area contributed by atoms with Crippen LogP contribution in [0.4, 0.5) is 0 Å². The molecule has 3 N–H and O–H groups in total. The molecule has 0 saturated heterocycles. The van der Waals surface area contributed by atoms with Crippen molar-refractivity contribution in [3.8, 4) is 11.5 Å². The molecule has 4 nitrogen and oxygen atoms in total. The number of methoxy groups -OCH3 is 2. The fourth-order valence-electron chi connectivity index (χ4n) is 2.40. The van der Waals surface area contributed by atoms with Crippen LogP contribution in [0.15, 0.2) is 6.07 Å². The standard InChI is InChI=1S/C15H26N2O2/c1-9(16)7-13(17-4)12-8-14(18-5)10(2)11(3)15(12)19-6/h8-9,13,17H,7,16H2,1-6H3. The molecule has 0 fully saturated rings. The lowest BCUT2D eigenvalue weighted by Crippen LogP contribution is -2.26. The first kappa shape index (κ1) is 15.8. The van der Waals surface area contributed by atoms with Crippen LogP contribution in [0.3, 0.4) is 0 Å². The average Bonchev–Trinajstić information content (AvgIpc) is 2.38. The molecule has 19 heavy (non-hydrogen) atoms. The number of nitrogens with one attached hydrogen (secondary N) is 1. The second-order valence-electron chi connectivity index (χ2n) is 5.01. The smallest absolute Gasteiger partial charge is 0.127 e. The van der Waals surface area contributed by atoms with E-state index in [-0.39, 0.29) is 12.1 Å².